The van der Waals surface area contributed by atoms with Crippen LogP contribution in [0, 0.1) is 0 Å². The van der Waals surface area contributed by atoms with Crippen LogP contribution in [0.4, 0.5) is 5.69 Å². The van der Waals surface area contributed by atoms with Gasteiger partial charge in [-0.3, -0.25) is 4.79 Å². The molecule has 1 aromatic rings. The maximum Gasteiger partial charge on any atom is 0.242 e. The predicted octanol–water partition coefficient (Wildman–Crippen LogP) is 0.823. The lowest BCUT2D eigenvalue weighted by Crippen LogP contribution is -2.38. The van der Waals surface area contributed by atoms with Gasteiger partial charge in [-0.1, -0.05) is 11.6 Å². The van der Waals surface area contributed by atoms with Gasteiger partial charge in [0, 0.05) is 18.8 Å². The van der Waals surface area contributed by atoms with Crippen LogP contribution in [-0.4, -0.2) is 38.9 Å². The minimum absolute atomic E-state index is 0.0334. The number of carbonyl (C=O) groups excluding carboxylic acids is 1. The predicted molar refractivity (Wildman–Crippen MR) is 76.9 cm³/mol. The number of hydrogen-bond donors (Lipinski definition) is 2. The van der Waals surface area contributed by atoms with Gasteiger partial charge in [-0.2, -0.15) is 0 Å². The summed E-state index contributed by atoms with van der Waals surface area (Å²) in [5, 5.41) is 0.0334. The van der Waals surface area contributed by atoms with E-state index >= 15 is 0 Å². The first-order chi connectivity index (χ1) is 9.40. The summed E-state index contributed by atoms with van der Waals surface area (Å²) in [7, 11) is -3.82. The molecule has 0 saturated carbocycles. The second-order valence-electron chi connectivity index (χ2n) is 4.60. The molecule has 0 radical (unpaired) electrons. The Labute approximate surface area is 122 Å². The summed E-state index contributed by atoms with van der Waals surface area (Å²) in [6.45, 7) is 1.11. The minimum atomic E-state index is -3.82. The number of likely N-dealkylation sites (tertiary alicyclic amines) is 1. The van der Waals surface area contributed by atoms with Gasteiger partial charge in [0.2, 0.25) is 15.9 Å². The van der Waals surface area contributed by atoms with Crippen molar-refractivity contribution >= 4 is 33.2 Å². The molecule has 8 heteroatoms. The van der Waals surface area contributed by atoms with Crippen molar-refractivity contribution in [2.24, 2.45) is 0 Å². The lowest BCUT2D eigenvalue weighted by molar-refractivity contribution is -0.128. The van der Waals surface area contributed by atoms with E-state index in [1.54, 1.807) is 4.90 Å². The number of nitrogen functional groups attached to an aromatic ring is 1. The molecule has 0 aliphatic carbocycles. The van der Waals surface area contributed by atoms with Crippen LogP contribution < -0.4 is 10.5 Å². The standard InChI is InChI=1S/C12H16ClN3O3S/c13-10-7-9(14)3-4-11(10)20(18,19)15-8-12(17)16-5-1-2-6-16/h3-4,7,15H,1-2,5-6,8,14H2. The normalized spacial score (nSPS) is 15.6. The van der Waals surface area contributed by atoms with E-state index < -0.39 is 10.0 Å². The average Bonchev–Trinajstić information content (AvgIpc) is 2.89. The maximum absolute atomic E-state index is 12.1. The third-order valence-corrected chi connectivity index (χ3v) is 5.00. The fraction of sp³-hybridized carbons (Fsp3) is 0.417. The molecule has 0 spiro atoms. The molecule has 0 atom stereocenters. The van der Waals surface area contributed by atoms with Crippen LogP contribution in [0.15, 0.2) is 23.1 Å². The number of carbonyl (C=O) groups is 1. The number of nitrogens with zero attached hydrogens (tertiary/aromatic N) is 1. The van der Waals surface area contributed by atoms with Crippen LogP contribution in [-0.2, 0) is 14.8 Å². The third-order valence-electron chi connectivity index (χ3n) is 3.12. The third kappa shape index (κ3) is 3.41. The number of rotatable bonds is 4. The Hall–Kier alpha value is -1.31. The van der Waals surface area contributed by atoms with Crippen molar-refractivity contribution in [3.8, 4) is 0 Å². The quantitative estimate of drug-likeness (QED) is 0.804. The first-order valence-corrected chi connectivity index (χ1v) is 8.09. The lowest BCUT2D eigenvalue weighted by atomic mass is 10.3. The van der Waals surface area contributed by atoms with Gasteiger partial charge in [0.1, 0.15) is 4.90 Å². The van der Waals surface area contributed by atoms with Gasteiger partial charge >= 0.3 is 0 Å². The second kappa shape index (κ2) is 5.99. The highest BCUT2D eigenvalue weighted by Gasteiger charge is 2.22. The Morgan fingerprint density at radius 3 is 2.60 bits per heavy atom. The summed E-state index contributed by atoms with van der Waals surface area (Å²) in [5.41, 5.74) is 5.89. The molecule has 2 rings (SSSR count). The molecule has 1 aliphatic heterocycles. The summed E-state index contributed by atoms with van der Waals surface area (Å²) < 4.78 is 26.4. The van der Waals surface area contributed by atoms with Crippen molar-refractivity contribution < 1.29 is 13.2 Å². The van der Waals surface area contributed by atoms with Crippen LogP contribution in [0.1, 0.15) is 12.8 Å². The molecular formula is C12H16ClN3O3S. The SMILES string of the molecule is Nc1ccc(S(=O)(=O)NCC(=O)N2CCCC2)c(Cl)c1. The van der Waals surface area contributed by atoms with Gasteiger partial charge in [0.15, 0.2) is 0 Å². The van der Waals surface area contributed by atoms with Gasteiger partial charge in [-0.25, -0.2) is 13.1 Å². The van der Waals surface area contributed by atoms with Gasteiger partial charge in [-0.15, -0.1) is 0 Å². The molecule has 6 nitrogen and oxygen atoms in total. The lowest BCUT2D eigenvalue weighted by Gasteiger charge is -2.15. The van der Waals surface area contributed by atoms with Crippen LogP contribution >= 0.6 is 11.6 Å². The summed E-state index contributed by atoms with van der Waals surface area (Å²) in [6, 6.07) is 4.13. The van der Waals surface area contributed by atoms with Crippen molar-refractivity contribution in [1.29, 1.82) is 0 Å². The largest absolute Gasteiger partial charge is 0.399 e. The molecule has 0 unspecified atom stereocenters. The van der Waals surface area contributed by atoms with E-state index in [0.29, 0.717) is 18.8 Å². The Bertz CT molecular complexity index is 612. The van der Waals surface area contributed by atoms with Gasteiger partial charge in [0.25, 0.3) is 0 Å². The van der Waals surface area contributed by atoms with Crippen LogP contribution in [0.2, 0.25) is 5.02 Å². The highest BCUT2D eigenvalue weighted by Crippen LogP contribution is 2.23. The first-order valence-electron chi connectivity index (χ1n) is 6.22. The molecule has 3 N–H and O–H groups in total. The molecule has 110 valence electrons. The van der Waals surface area contributed by atoms with Gasteiger partial charge in [0.05, 0.1) is 11.6 Å². The van der Waals surface area contributed by atoms with Crippen molar-refractivity contribution in [2.45, 2.75) is 17.7 Å². The van der Waals surface area contributed by atoms with E-state index in [2.05, 4.69) is 4.72 Å². The molecule has 0 aromatic heterocycles. The Kier molecular flexibility index (Phi) is 4.52. The molecule has 0 bridgehead atoms. The maximum atomic E-state index is 12.1. The van der Waals surface area contributed by atoms with E-state index in [9.17, 15) is 13.2 Å². The molecule has 1 saturated heterocycles. The Morgan fingerprint density at radius 1 is 1.35 bits per heavy atom. The first kappa shape index (κ1) is 15.1. The summed E-state index contributed by atoms with van der Waals surface area (Å²) in [6.07, 6.45) is 1.92. The fourth-order valence-electron chi connectivity index (χ4n) is 2.05. The van der Waals surface area contributed by atoms with E-state index in [1.165, 1.54) is 18.2 Å². The summed E-state index contributed by atoms with van der Waals surface area (Å²) in [4.78, 5) is 13.4. The van der Waals surface area contributed by atoms with E-state index in [1.807, 2.05) is 0 Å². The summed E-state index contributed by atoms with van der Waals surface area (Å²) in [5.74, 6) is -0.224. The van der Waals surface area contributed by atoms with Gasteiger partial charge in [-0.05, 0) is 31.0 Å². The van der Waals surface area contributed by atoms with Crippen molar-refractivity contribution in [3.05, 3.63) is 23.2 Å². The zero-order chi connectivity index (χ0) is 14.8. The monoisotopic (exact) mass is 317 g/mol. The molecule has 1 fully saturated rings. The van der Waals surface area contributed by atoms with Crippen molar-refractivity contribution in [2.75, 3.05) is 25.4 Å². The Balaban J connectivity index is 2.05. The molecular weight excluding hydrogens is 302 g/mol. The van der Waals surface area contributed by atoms with Crippen molar-refractivity contribution in [1.82, 2.24) is 9.62 Å². The topological polar surface area (TPSA) is 92.5 Å². The highest BCUT2D eigenvalue weighted by molar-refractivity contribution is 7.89. The molecule has 1 amide bonds. The zero-order valence-corrected chi connectivity index (χ0v) is 12.4. The van der Waals surface area contributed by atoms with Crippen LogP contribution in [0.5, 0.6) is 0 Å². The Morgan fingerprint density at radius 2 is 2.00 bits per heavy atom. The average molecular weight is 318 g/mol. The molecule has 1 aliphatic rings. The van der Waals surface area contributed by atoms with E-state index in [4.69, 9.17) is 17.3 Å². The van der Waals surface area contributed by atoms with Crippen LogP contribution in [0.25, 0.3) is 0 Å². The van der Waals surface area contributed by atoms with Crippen LogP contribution in [0.3, 0.4) is 0 Å². The number of benzene rings is 1. The number of nitrogens with two attached hydrogens (primary N) is 1. The van der Waals surface area contributed by atoms with Gasteiger partial charge < -0.3 is 10.6 Å². The number of nitrogens with one attached hydrogen (secondary N) is 1. The number of hydrogen-bond acceptors (Lipinski definition) is 4. The number of halogens is 1. The van der Waals surface area contributed by atoms with E-state index in [-0.39, 0.29) is 22.4 Å². The minimum Gasteiger partial charge on any atom is -0.399 e. The molecule has 1 heterocycles. The number of anilines is 1. The molecule has 20 heavy (non-hydrogen) atoms. The number of amides is 1. The second-order valence-corrected chi connectivity index (χ2v) is 6.74. The number of sulfonamides is 1. The fourth-order valence-corrected chi connectivity index (χ4v) is 3.57. The summed E-state index contributed by atoms with van der Waals surface area (Å²) >= 11 is 5.86. The zero-order valence-electron chi connectivity index (χ0n) is 10.8. The smallest absolute Gasteiger partial charge is 0.242 e. The highest BCUT2D eigenvalue weighted by atomic mass is 35.5. The van der Waals surface area contributed by atoms with E-state index in [0.717, 1.165) is 12.8 Å². The molecule has 1 aromatic carbocycles. The van der Waals surface area contributed by atoms with Crippen molar-refractivity contribution in [3.63, 3.8) is 0 Å².